The average Bonchev–Trinajstić information content (AvgIpc) is 2.51. The Morgan fingerprint density at radius 2 is 1.68 bits per heavy atom. The first-order valence-electron chi connectivity index (χ1n) is 5.92. The van der Waals surface area contributed by atoms with Crippen molar-refractivity contribution in [2.75, 3.05) is 7.11 Å². The van der Waals surface area contributed by atoms with Gasteiger partial charge in [0.25, 0.3) is 0 Å². The molecule has 0 fully saturated rings. The summed E-state index contributed by atoms with van der Waals surface area (Å²) in [5, 5.41) is 0.175. The van der Waals surface area contributed by atoms with E-state index >= 15 is 0 Å². The molecule has 0 aliphatic carbocycles. The van der Waals surface area contributed by atoms with Crippen LogP contribution in [0.25, 0.3) is 0 Å². The Kier molecular flexibility index (Phi) is 4.95. The molecule has 0 heterocycles. The van der Waals surface area contributed by atoms with Crippen LogP contribution in [0.3, 0.4) is 0 Å². The number of benzene rings is 2. The Hall–Kier alpha value is -1.76. The predicted molar refractivity (Wildman–Crippen MR) is 82.1 cm³/mol. The normalized spacial score (nSPS) is 11.0. The van der Waals surface area contributed by atoms with Crippen LogP contribution in [0.4, 0.5) is 0 Å². The monoisotopic (exact) mass is 360 g/mol. The molecule has 0 aromatic heterocycles. The van der Waals surface area contributed by atoms with Gasteiger partial charge in [-0.25, -0.2) is 4.79 Å². The van der Waals surface area contributed by atoms with E-state index in [2.05, 4.69) is 4.74 Å². The first kappa shape index (κ1) is 16.6. The molecule has 0 unspecified atom stereocenters. The molecule has 8 heteroatoms. The van der Waals surface area contributed by atoms with Crippen molar-refractivity contribution in [1.29, 1.82) is 0 Å². The molecule has 0 atom stereocenters. The molecule has 0 saturated heterocycles. The van der Waals surface area contributed by atoms with Crippen LogP contribution in [0.1, 0.15) is 10.4 Å². The predicted octanol–water partition coefficient (Wildman–Crippen LogP) is 3.55. The zero-order chi connectivity index (χ0) is 16.3. The van der Waals surface area contributed by atoms with Crippen molar-refractivity contribution in [3.8, 4) is 5.75 Å². The molecule has 0 aliphatic heterocycles. The molecule has 5 nitrogen and oxygen atoms in total. The number of methoxy groups -OCH3 is 1. The van der Waals surface area contributed by atoms with Gasteiger partial charge in [-0.15, -0.1) is 0 Å². The van der Waals surface area contributed by atoms with E-state index in [1.165, 1.54) is 49.6 Å². The lowest BCUT2D eigenvalue weighted by molar-refractivity contribution is 0.0600. The summed E-state index contributed by atoms with van der Waals surface area (Å²) < 4.78 is 33.9. The summed E-state index contributed by atoms with van der Waals surface area (Å²) >= 11 is 11.7. The largest absolute Gasteiger partial charge is 0.465 e. The highest BCUT2D eigenvalue weighted by atomic mass is 35.5. The first-order chi connectivity index (χ1) is 10.3. The summed E-state index contributed by atoms with van der Waals surface area (Å²) in [5.74, 6) is -0.644. The van der Waals surface area contributed by atoms with Crippen LogP contribution in [-0.4, -0.2) is 21.5 Å². The molecule has 2 aromatic carbocycles. The van der Waals surface area contributed by atoms with Crippen LogP contribution in [0.15, 0.2) is 47.4 Å². The molecule has 0 N–H and O–H groups in total. The quantitative estimate of drug-likeness (QED) is 0.615. The van der Waals surface area contributed by atoms with Crippen molar-refractivity contribution in [3.63, 3.8) is 0 Å². The number of carbonyl (C=O) groups excluding carboxylic acids is 1. The van der Waals surface area contributed by atoms with Crippen LogP contribution in [-0.2, 0) is 14.9 Å². The smallest absolute Gasteiger partial charge is 0.339 e. The van der Waals surface area contributed by atoms with Crippen molar-refractivity contribution in [2.45, 2.75) is 4.90 Å². The summed E-state index contributed by atoms with van der Waals surface area (Å²) in [6.07, 6.45) is 0. The number of hydrogen-bond donors (Lipinski definition) is 0. The number of esters is 1. The molecule has 2 aromatic rings. The Morgan fingerprint density at radius 3 is 2.27 bits per heavy atom. The van der Waals surface area contributed by atoms with Gasteiger partial charge in [0.05, 0.1) is 17.7 Å². The summed E-state index contributed by atoms with van der Waals surface area (Å²) in [6.45, 7) is 0. The molecule has 0 spiro atoms. The van der Waals surface area contributed by atoms with Crippen molar-refractivity contribution in [2.24, 2.45) is 0 Å². The Labute approximate surface area is 137 Å². The van der Waals surface area contributed by atoms with E-state index in [-0.39, 0.29) is 26.3 Å². The Balaban J connectivity index is 2.31. The minimum absolute atomic E-state index is 0.000998. The third kappa shape index (κ3) is 3.52. The van der Waals surface area contributed by atoms with Crippen LogP contribution in [0, 0.1) is 0 Å². The number of halogens is 2. The van der Waals surface area contributed by atoms with Crippen LogP contribution < -0.4 is 4.18 Å². The van der Waals surface area contributed by atoms with Crippen LogP contribution >= 0.6 is 23.2 Å². The maximum absolute atomic E-state index is 12.2. The first-order valence-corrected chi connectivity index (χ1v) is 8.08. The summed E-state index contributed by atoms with van der Waals surface area (Å²) in [4.78, 5) is 11.2. The molecule has 0 aliphatic rings. The van der Waals surface area contributed by atoms with Crippen molar-refractivity contribution in [3.05, 3.63) is 58.1 Å². The highest BCUT2D eigenvalue weighted by Crippen LogP contribution is 2.33. The molecule has 0 radical (unpaired) electrons. The van der Waals surface area contributed by atoms with E-state index in [1.54, 1.807) is 0 Å². The van der Waals surface area contributed by atoms with Gasteiger partial charge in [-0.3, -0.25) is 0 Å². The fraction of sp³-hybridized carbons (Fsp3) is 0.0714. The van der Waals surface area contributed by atoms with Gasteiger partial charge in [0.15, 0.2) is 5.75 Å². The minimum Gasteiger partial charge on any atom is -0.465 e. The van der Waals surface area contributed by atoms with Gasteiger partial charge in [-0.2, -0.15) is 8.42 Å². The van der Waals surface area contributed by atoms with Gasteiger partial charge in [0, 0.05) is 0 Å². The number of ether oxygens (including phenoxy) is 1. The summed E-state index contributed by atoms with van der Waals surface area (Å²) in [7, 11) is -2.86. The number of carbonyl (C=O) groups is 1. The molecule has 0 saturated carbocycles. The number of hydrogen-bond acceptors (Lipinski definition) is 5. The maximum atomic E-state index is 12.2. The maximum Gasteiger partial charge on any atom is 0.339 e. The van der Waals surface area contributed by atoms with Gasteiger partial charge in [0.2, 0.25) is 0 Å². The van der Waals surface area contributed by atoms with Gasteiger partial charge in [-0.1, -0.05) is 29.3 Å². The lowest BCUT2D eigenvalue weighted by Crippen LogP contribution is -2.10. The Morgan fingerprint density at radius 1 is 1.05 bits per heavy atom. The van der Waals surface area contributed by atoms with Crippen molar-refractivity contribution in [1.82, 2.24) is 0 Å². The molecular weight excluding hydrogens is 351 g/mol. The molecular formula is C14H10Cl2O5S. The highest BCUT2D eigenvalue weighted by molar-refractivity contribution is 7.87. The van der Waals surface area contributed by atoms with Gasteiger partial charge >= 0.3 is 16.1 Å². The van der Waals surface area contributed by atoms with E-state index in [1.807, 2.05) is 0 Å². The molecule has 116 valence electrons. The van der Waals surface area contributed by atoms with E-state index in [4.69, 9.17) is 27.4 Å². The van der Waals surface area contributed by atoms with Crippen LogP contribution in [0.5, 0.6) is 5.75 Å². The van der Waals surface area contributed by atoms with E-state index in [0.29, 0.717) is 0 Å². The molecule has 0 amide bonds. The second-order valence-electron chi connectivity index (χ2n) is 4.11. The number of rotatable bonds is 4. The lowest BCUT2D eigenvalue weighted by Gasteiger charge is -2.09. The SMILES string of the molecule is COC(=O)c1ccc(S(=O)(=O)Oc2cccc(Cl)c2Cl)cc1. The molecule has 0 bridgehead atoms. The van der Waals surface area contributed by atoms with Crippen molar-refractivity contribution >= 4 is 39.3 Å². The fourth-order valence-corrected chi connectivity index (χ4v) is 2.91. The van der Waals surface area contributed by atoms with Gasteiger partial charge in [0.1, 0.15) is 9.92 Å². The molecule has 22 heavy (non-hydrogen) atoms. The van der Waals surface area contributed by atoms with Gasteiger partial charge < -0.3 is 8.92 Å². The van der Waals surface area contributed by atoms with Crippen molar-refractivity contribution < 1.29 is 22.1 Å². The zero-order valence-corrected chi connectivity index (χ0v) is 13.6. The van der Waals surface area contributed by atoms with E-state index < -0.39 is 16.1 Å². The van der Waals surface area contributed by atoms with Gasteiger partial charge in [-0.05, 0) is 36.4 Å². The summed E-state index contributed by atoms with van der Waals surface area (Å²) in [6, 6.07) is 9.52. The standard InChI is InChI=1S/C14H10Cl2O5S/c1-20-14(17)9-5-7-10(8-6-9)22(18,19)21-12-4-2-3-11(15)13(12)16/h2-8H,1H3. The fourth-order valence-electron chi connectivity index (χ4n) is 1.59. The highest BCUT2D eigenvalue weighted by Gasteiger charge is 2.19. The molecule has 2 rings (SSSR count). The minimum atomic E-state index is -4.10. The topological polar surface area (TPSA) is 69.7 Å². The third-order valence-electron chi connectivity index (χ3n) is 2.68. The lowest BCUT2D eigenvalue weighted by atomic mass is 10.2. The van der Waals surface area contributed by atoms with E-state index in [9.17, 15) is 13.2 Å². The van der Waals surface area contributed by atoms with Crippen LogP contribution in [0.2, 0.25) is 10.0 Å². The second kappa shape index (κ2) is 6.56. The van der Waals surface area contributed by atoms with E-state index in [0.717, 1.165) is 0 Å². The second-order valence-corrected chi connectivity index (χ2v) is 6.44. The Bertz CT molecular complexity index is 800. The zero-order valence-electron chi connectivity index (χ0n) is 11.2. The summed E-state index contributed by atoms with van der Waals surface area (Å²) in [5.41, 5.74) is 0.224. The third-order valence-corrected chi connectivity index (χ3v) is 4.73. The average molecular weight is 361 g/mol.